The molecule has 1 aliphatic heterocycles. The van der Waals surface area contributed by atoms with E-state index >= 15 is 0 Å². The van der Waals surface area contributed by atoms with Crippen molar-refractivity contribution in [2.24, 2.45) is 0 Å². The monoisotopic (exact) mass is 330 g/mol. The van der Waals surface area contributed by atoms with Crippen LogP contribution in [0.15, 0.2) is 24.4 Å². The summed E-state index contributed by atoms with van der Waals surface area (Å²) in [7, 11) is 0. The molecule has 1 N–H and O–H groups in total. The molecule has 1 aliphatic rings. The van der Waals surface area contributed by atoms with Crippen LogP contribution < -0.4 is 5.32 Å². The molecule has 0 spiro atoms. The van der Waals surface area contributed by atoms with Gasteiger partial charge in [-0.05, 0) is 25.1 Å². The lowest BCUT2D eigenvalue weighted by atomic mass is 10.1. The first-order chi connectivity index (χ1) is 11.2. The zero-order chi connectivity index (χ0) is 16.2. The summed E-state index contributed by atoms with van der Waals surface area (Å²) in [6.07, 6.45) is 1.61. The van der Waals surface area contributed by atoms with Crippen LogP contribution in [0.4, 0.5) is 5.69 Å². The van der Waals surface area contributed by atoms with Crippen molar-refractivity contribution in [1.29, 1.82) is 5.26 Å². The number of fused-ring (bicyclic) bond motifs is 1. The van der Waals surface area contributed by atoms with Crippen molar-refractivity contribution in [3.63, 3.8) is 0 Å². The maximum Gasteiger partial charge on any atom is 0.103 e. The molecule has 2 heterocycles. The van der Waals surface area contributed by atoms with E-state index in [1.807, 2.05) is 18.2 Å². The van der Waals surface area contributed by atoms with Crippen LogP contribution >= 0.6 is 11.6 Å². The highest BCUT2D eigenvalue weighted by Gasteiger charge is 2.18. The predicted molar refractivity (Wildman–Crippen MR) is 91.8 cm³/mol. The SMILES string of the molecule is CC(CNc1c(C#N)cnc2ccc(Cl)cc12)N1CCOCC1. The van der Waals surface area contributed by atoms with Gasteiger partial charge in [0, 0.05) is 42.3 Å². The fourth-order valence-corrected chi connectivity index (χ4v) is 3.01. The Morgan fingerprint density at radius 3 is 2.96 bits per heavy atom. The molecule has 1 saturated heterocycles. The van der Waals surface area contributed by atoms with Gasteiger partial charge in [0.25, 0.3) is 0 Å². The van der Waals surface area contributed by atoms with E-state index in [1.165, 1.54) is 0 Å². The van der Waals surface area contributed by atoms with E-state index in [0.717, 1.165) is 49.4 Å². The van der Waals surface area contributed by atoms with Gasteiger partial charge in [0.1, 0.15) is 6.07 Å². The number of pyridine rings is 1. The van der Waals surface area contributed by atoms with Crippen molar-refractivity contribution in [3.8, 4) is 6.07 Å². The number of anilines is 1. The second-order valence-electron chi connectivity index (χ2n) is 5.70. The Kier molecular flexibility index (Phi) is 4.97. The number of ether oxygens (including phenoxy) is 1. The first kappa shape index (κ1) is 16.0. The van der Waals surface area contributed by atoms with Gasteiger partial charge in [0.05, 0.1) is 30.0 Å². The van der Waals surface area contributed by atoms with Crippen LogP contribution in [0.3, 0.4) is 0 Å². The third-order valence-corrected chi connectivity index (χ3v) is 4.43. The van der Waals surface area contributed by atoms with E-state index < -0.39 is 0 Å². The van der Waals surface area contributed by atoms with E-state index in [-0.39, 0.29) is 0 Å². The molecule has 1 aromatic carbocycles. The molecule has 1 atom stereocenters. The number of nitrogens with one attached hydrogen (secondary N) is 1. The van der Waals surface area contributed by atoms with Gasteiger partial charge in [-0.3, -0.25) is 9.88 Å². The van der Waals surface area contributed by atoms with E-state index in [1.54, 1.807) is 6.20 Å². The van der Waals surface area contributed by atoms with Gasteiger partial charge >= 0.3 is 0 Å². The molecule has 1 aromatic heterocycles. The zero-order valence-electron chi connectivity index (χ0n) is 13.1. The quantitative estimate of drug-likeness (QED) is 0.934. The average Bonchev–Trinajstić information content (AvgIpc) is 2.60. The number of halogens is 1. The van der Waals surface area contributed by atoms with E-state index in [2.05, 4.69) is 28.2 Å². The van der Waals surface area contributed by atoms with Crippen molar-refractivity contribution in [3.05, 3.63) is 35.0 Å². The third kappa shape index (κ3) is 3.56. The van der Waals surface area contributed by atoms with Crippen LogP contribution in [-0.4, -0.2) is 48.8 Å². The second-order valence-corrected chi connectivity index (χ2v) is 6.13. The lowest BCUT2D eigenvalue weighted by Crippen LogP contribution is -2.45. The third-order valence-electron chi connectivity index (χ3n) is 4.19. The smallest absolute Gasteiger partial charge is 0.103 e. The number of nitriles is 1. The molecule has 0 bridgehead atoms. The van der Waals surface area contributed by atoms with Crippen LogP contribution in [0.5, 0.6) is 0 Å². The van der Waals surface area contributed by atoms with Crippen molar-refractivity contribution in [1.82, 2.24) is 9.88 Å². The van der Waals surface area contributed by atoms with Crippen molar-refractivity contribution >= 4 is 28.2 Å². The largest absolute Gasteiger partial charge is 0.382 e. The number of nitrogens with zero attached hydrogens (tertiary/aromatic N) is 3. The van der Waals surface area contributed by atoms with E-state index in [4.69, 9.17) is 16.3 Å². The molecule has 120 valence electrons. The minimum Gasteiger partial charge on any atom is -0.382 e. The van der Waals surface area contributed by atoms with Crippen LogP contribution in [0.25, 0.3) is 10.9 Å². The van der Waals surface area contributed by atoms with Gasteiger partial charge in [-0.15, -0.1) is 0 Å². The summed E-state index contributed by atoms with van der Waals surface area (Å²) >= 11 is 6.11. The van der Waals surface area contributed by atoms with Crippen molar-refractivity contribution in [2.45, 2.75) is 13.0 Å². The summed E-state index contributed by atoms with van der Waals surface area (Å²) in [5.74, 6) is 0. The number of rotatable bonds is 4. The zero-order valence-corrected chi connectivity index (χ0v) is 13.8. The molecule has 0 saturated carbocycles. The van der Waals surface area contributed by atoms with Gasteiger partial charge in [0.2, 0.25) is 0 Å². The molecule has 0 radical (unpaired) electrons. The van der Waals surface area contributed by atoms with E-state index in [0.29, 0.717) is 16.6 Å². The lowest BCUT2D eigenvalue weighted by molar-refractivity contribution is 0.0227. The maximum absolute atomic E-state index is 9.37. The number of morpholine rings is 1. The normalized spacial score (nSPS) is 16.9. The van der Waals surface area contributed by atoms with Crippen molar-refractivity contribution in [2.75, 3.05) is 38.2 Å². The Bertz CT molecular complexity index is 737. The summed E-state index contributed by atoms with van der Waals surface area (Å²) in [6, 6.07) is 8.10. The van der Waals surface area contributed by atoms with Crippen LogP contribution in [-0.2, 0) is 4.74 Å². The second kappa shape index (κ2) is 7.14. The maximum atomic E-state index is 9.37. The van der Waals surface area contributed by atoms with Crippen molar-refractivity contribution < 1.29 is 4.74 Å². The summed E-state index contributed by atoms with van der Waals surface area (Å²) in [5.41, 5.74) is 2.17. The molecule has 6 heteroatoms. The van der Waals surface area contributed by atoms with Gasteiger partial charge in [-0.1, -0.05) is 11.6 Å². The minimum atomic E-state index is 0.354. The summed E-state index contributed by atoms with van der Waals surface area (Å²) in [5, 5.41) is 14.3. The Labute approximate surface area is 140 Å². The van der Waals surface area contributed by atoms with Crippen LogP contribution in [0.1, 0.15) is 12.5 Å². The summed E-state index contributed by atoms with van der Waals surface area (Å²) < 4.78 is 5.39. The number of hydrogen-bond donors (Lipinski definition) is 1. The van der Waals surface area contributed by atoms with Crippen LogP contribution in [0.2, 0.25) is 5.02 Å². The van der Waals surface area contributed by atoms with E-state index in [9.17, 15) is 5.26 Å². The molecule has 0 aliphatic carbocycles. The summed E-state index contributed by atoms with van der Waals surface area (Å²) in [6.45, 7) is 6.37. The first-order valence-corrected chi connectivity index (χ1v) is 8.11. The number of hydrogen-bond acceptors (Lipinski definition) is 5. The molecule has 0 amide bonds. The fourth-order valence-electron chi connectivity index (χ4n) is 2.84. The molecule has 1 fully saturated rings. The Hall–Kier alpha value is -1.87. The lowest BCUT2D eigenvalue weighted by Gasteiger charge is -2.32. The highest BCUT2D eigenvalue weighted by atomic mass is 35.5. The molecule has 5 nitrogen and oxygen atoms in total. The van der Waals surface area contributed by atoms with Gasteiger partial charge < -0.3 is 10.1 Å². The molecule has 23 heavy (non-hydrogen) atoms. The highest BCUT2D eigenvalue weighted by Crippen LogP contribution is 2.28. The Balaban J connectivity index is 1.83. The molecule has 1 unspecified atom stereocenters. The molecular weight excluding hydrogens is 312 g/mol. The summed E-state index contributed by atoms with van der Waals surface area (Å²) in [4.78, 5) is 6.71. The number of benzene rings is 1. The van der Waals surface area contributed by atoms with Gasteiger partial charge in [0.15, 0.2) is 0 Å². The molecular formula is C17H19ClN4O. The minimum absolute atomic E-state index is 0.354. The van der Waals surface area contributed by atoms with Gasteiger partial charge in [-0.2, -0.15) is 5.26 Å². The Morgan fingerprint density at radius 1 is 1.43 bits per heavy atom. The Morgan fingerprint density at radius 2 is 2.22 bits per heavy atom. The predicted octanol–water partition coefficient (Wildman–Crippen LogP) is 2.89. The topological polar surface area (TPSA) is 61.2 Å². The highest BCUT2D eigenvalue weighted by molar-refractivity contribution is 6.31. The fraction of sp³-hybridized carbons (Fsp3) is 0.412. The van der Waals surface area contributed by atoms with Gasteiger partial charge in [-0.25, -0.2) is 0 Å². The standard InChI is InChI=1S/C17H19ClN4O/c1-12(22-4-6-23-7-5-22)10-21-17-13(9-19)11-20-16-3-2-14(18)8-15(16)17/h2-3,8,11-12H,4-7,10H2,1H3,(H,20,21). The average molecular weight is 331 g/mol. The number of aromatic nitrogens is 1. The molecule has 2 aromatic rings. The van der Waals surface area contributed by atoms with Crippen LogP contribution in [0, 0.1) is 11.3 Å². The first-order valence-electron chi connectivity index (χ1n) is 7.73. The molecule has 3 rings (SSSR count).